The minimum atomic E-state index is -0.437. The largest absolute Gasteiger partial charge is 0.490 e. The Labute approximate surface area is 177 Å². The van der Waals surface area contributed by atoms with Crippen molar-refractivity contribution in [2.45, 2.75) is 25.9 Å². The Morgan fingerprint density at radius 3 is 2.63 bits per heavy atom. The first kappa shape index (κ1) is 20.2. The second kappa shape index (κ2) is 8.31. The van der Waals surface area contributed by atoms with Gasteiger partial charge in [0, 0.05) is 56.9 Å². The molecule has 0 aromatic carbocycles. The van der Waals surface area contributed by atoms with E-state index >= 15 is 0 Å². The second-order valence-electron chi connectivity index (χ2n) is 7.39. The number of thiophene rings is 1. The van der Waals surface area contributed by atoms with Gasteiger partial charge in [-0.25, -0.2) is 4.79 Å². The number of hydrogen-bond acceptors (Lipinski definition) is 6. The highest BCUT2D eigenvalue weighted by Crippen LogP contribution is 2.27. The van der Waals surface area contributed by atoms with Crippen LogP contribution in [0.15, 0.2) is 55.2 Å². The normalized spacial score (nSPS) is 14.7. The predicted octanol–water partition coefficient (Wildman–Crippen LogP) is 3.06. The summed E-state index contributed by atoms with van der Waals surface area (Å²) in [6.07, 6.45) is 2.85. The van der Waals surface area contributed by atoms with Crippen molar-refractivity contribution in [1.29, 1.82) is 0 Å². The predicted molar refractivity (Wildman–Crippen MR) is 114 cm³/mol. The number of carbonyl (C=O) groups excluding carboxylic acids is 1. The van der Waals surface area contributed by atoms with Gasteiger partial charge in [-0.2, -0.15) is 11.3 Å². The van der Waals surface area contributed by atoms with Crippen LogP contribution in [-0.2, 0) is 7.05 Å². The number of piperidine rings is 1. The molecule has 0 aliphatic carbocycles. The highest BCUT2D eigenvalue weighted by atomic mass is 32.1. The van der Waals surface area contributed by atoms with Gasteiger partial charge in [0.25, 0.3) is 11.5 Å². The SMILES string of the molecule is Cc1cc(OC2CCN(C(=O)c3cn(C)c(=O)cc3-c3ccsc3)CC2)cc(=O)o1. The Morgan fingerprint density at radius 1 is 1.20 bits per heavy atom. The summed E-state index contributed by atoms with van der Waals surface area (Å²) in [5.74, 6) is 0.897. The van der Waals surface area contributed by atoms with E-state index in [0.717, 1.165) is 5.56 Å². The summed E-state index contributed by atoms with van der Waals surface area (Å²) in [5.41, 5.74) is 1.47. The molecule has 30 heavy (non-hydrogen) atoms. The molecule has 0 saturated carbocycles. The number of likely N-dealkylation sites (tertiary alicyclic amines) is 1. The van der Waals surface area contributed by atoms with Gasteiger partial charge in [0.1, 0.15) is 17.6 Å². The molecule has 156 valence electrons. The van der Waals surface area contributed by atoms with Crippen molar-refractivity contribution in [3.8, 4) is 16.9 Å². The van der Waals surface area contributed by atoms with Crippen molar-refractivity contribution < 1.29 is 13.9 Å². The molecule has 3 aromatic heterocycles. The third-order valence-electron chi connectivity index (χ3n) is 5.19. The van der Waals surface area contributed by atoms with Crippen LogP contribution in [0.3, 0.4) is 0 Å². The van der Waals surface area contributed by atoms with Crippen molar-refractivity contribution in [3.05, 3.63) is 73.3 Å². The van der Waals surface area contributed by atoms with Crippen LogP contribution in [0.25, 0.3) is 11.1 Å². The number of nitrogens with zero attached hydrogens (tertiary/aromatic N) is 2. The number of aryl methyl sites for hydroxylation is 2. The average molecular weight is 426 g/mol. The van der Waals surface area contributed by atoms with Crippen LogP contribution in [-0.4, -0.2) is 34.6 Å². The van der Waals surface area contributed by atoms with Crippen LogP contribution in [0, 0.1) is 6.92 Å². The van der Waals surface area contributed by atoms with Gasteiger partial charge >= 0.3 is 5.63 Å². The maximum Gasteiger partial charge on any atom is 0.339 e. The van der Waals surface area contributed by atoms with Gasteiger partial charge in [-0.1, -0.05) is 0 Å². The molecule has 0 N–H and O–H groups in total. The molecule has 4 heterocycles. The molecule has 8 heteroatoms. The van der Waals surface area contributed by atoms with E-state index in [1.54, 1.807) is 31.1 Å². The molecule has 1 fully saturated rings. The first-order valence-corrected chi connectivity index (χ1v) is 10.7. The topological polar surface area (TPSA) is 81.8 Å². The maximum absolute atomic E-state index is 13.3. The zero-order valence-electron chi connectivity index (χ0n) is 16.8. The number of rotatable bonds is 4. The van der Waals surface area contributed by atoms with Gasteiger partial charge in [-0.05, 0) is 29.3 Å². The molecular weight excluding hydrogens is 404 g/mol. The van der Waals surface area contributed by atoms with Crippen LogP contribution in [0.2, 0.25) is 0 Å². The summed E-state index contributed by atoms with van der Waals surface area (Å²) in [5, 5.41) is 3.86. The zero-order chi connectivity index (χ0) is 21.3. The molecule has 1 saturated heterocycles. The van der Waals surface area contributed by atoms with Gasteiger partial charge in [-0.3, -0.25) is 9.59 Å². The molecule has 0 atom stereocenters. The Hall–Kier alpha value is -3.13. The van der Waals surface area contributed by atoms with Gasteiger partial charge in [0.05, 0.1) is 11.6 Å². The fourth-order valence-electron chi connectivity index (χ4n) is 3.64. The fourth-order valence-corrected chi connectivity index (χ4v) is 4.30. The zero-order valence-corrected chi connectivity index (χ0v) is 17.6. The molecule has 3 aromatic rings. The Morgan fingerprint density at radius 2 is 1.97 bits per heavy atom. The molecule has 1 amide bonds. The summed E-state index contributed by atoms with van der Waals surface area (Å²) in [6, 6.07) is 6.46. The summed E-state index contributed by atoms with van der Waals surface area (Å²) in [6.45, 7) is 2.78. The quantitative estimate of drug-likeness (QED) is 0.640. The van der Waals surface area contributed by atoms with E-state index in [1.807, 2.05) is 16.8 Å². The van der Waals surface area contributed by atoms with Crippen molar-refractivity contribution in [2.75, 3.05) is 13.1 Å². The third kappa shape index (κ3) is 4.23. The lowest BCUT2D eigenvalue weighted by atomic mass is 10.0. The summed E-state index contributed by atoms with van der Waals surface area (Å²) in [7, 11) is 1.65. The Kier molecular flexibility index (Phi) is 5.59. The molecule has 1 aliphatic heterocycles. The second-order valence-corrected chi connectivity index (χ2v) is 8.17. The molecular formula is C22H22N2O5S. The highest BCUT2D eigenvalue weighted by molar-refractivity contribution is 7.08. The van der Waals surface area contributed by atoms with Crippen molar-refractivity contribution in [2.24, 2.45) is 7.05 Å². The van der Waals surface area contributed by atoms with Gasteiger partial charge in [0.2, 0.25) is 0 Å². The van der Waals surface area contributed by atoms with Crippen molar-refractivity contribution in [3.63, 3.8) is 0 Å². The van der Waals surface area contributed by atoms with Crippen LogP contribution in [0.5, 0.6) is 5.75 Å². The first-order valence-electron chi connectivity index (χ1n) is 9.71. The number of pyridine rings is 1. The maximum atomic E-state index is 13.3. The van der Waals surface area contributed by atoms with E-state index in [0.29, 0.717) is 48.6 Å². The van der Waals surface area contributed by atoms with E-state index in [1.165, 1.54) is 28.0 Å². The van der Waals surface area contributed by atoms with Crippen LogP contribution in [0.1, 0.15) is 29.0 Å². The molecule has 7 nitrogen and oxygen atoms in total. The number of amides is 1. The number of carbonyl (C=O) groups is 1. The monoisotopic (exact) mass is 426 g/mol. The third-order valence-corrected chi connectivity index (χ3v) is 5.87. The molecule has 0 radical (unpaired) electrons. The van der Waals surface area contributed by atoms with Gasteiger partial charge < -0.3 is 18.6 Å². The molecule has 1 aliphatic rings. The number of ether oxygens (including phenoxy) is 1. The smallest absolute Gasteiger partial charge is 0.339 e. The van der Waals surface area contributed by atoms with Crippen LogP contribution < -0.4 is 15.9 Å². The Balaban J connectivity index is 1.49. The highest BCUT2D eigenvalue weighted by Gasteiger charge is 2.27. The molecule has 4 rings (SSSR count). The van der Waals surface area contributed by atoms with Gasteiger partial charge in [0.15, 0.2) is 0 Å². The molecule has 0 unspecified atom stereocenters. The van der Waals surface area contributed by atoms with E-state index in [4.69, 9.17) is 9.15 Å². The lowest BCUT2D eigenvalue weighted by Crippen LogP contribution is -2.42. The van der Waals surface area contributed by atoms with E-state index in [2.05, 4.69) is 0 Å². The lowest BCUT2D eigenvalue weighted by molar-refractivity contribution is 0.0594. The van der Waals surface area contributed by atoms with Crippen molar-refractivity contribution in [1.82, 2.24) is 9.47 Å². The summed E-state index contributed by atoms with van der Waals surface area (Å²) < 4.78 is 12.3. The minimum absolute atomic E-state index is 0.0771. The van der Waals surface area contributed by atoms with E-state index < -0.39 is 5.63 Å². The van der Waals surface area contributed by atoms with E-state index in [9.17, 15) is 14.4 Å². The lowest BCUT2D eigenvalue weighted by Gasteiger charge is -2.32. The first-order chi connectivity index (χ1) is 14.4. The van der Waals surface area contributed by atoms with Gasteiger partial charge in [-0.15, -0.1) is 0 Å². The standard InChI is InChI=1S/C22H22N2O5S/c1-14-9-17(10-21(26)28-14)29-16-3-6-24(7-4-16)22(27)19-12-23(2)20(25)11-18(19)15-5-8-30-13-15/h5,8-13,16H,3-4,6-7H2,1-2H3. The van der Waals surface area contributed by atoms with Crippen LogP contribution in [0.4, 0.5) is 0 Å². The molecule has 0 spiro atoms. The minimum Gasteiger partial charge on any atom is -0.490 e. The van der Waals surface area contributed by atoms with Crippen molar-refractivity contribution >= 4 is 17.2 Å². The average Bonchev–Trinajstić information content (AvgIpc) is 3.24. The van der Waals surface area contributed by atoms with Crippen LogP contribution >= 0.6 is 11.3 Å². The fraction of sp³-hybridized carbons (Fsp3) is 0.318. The molecule has 0 bridgehead atoms. The number of hydrogen-bond donors (Lipinski definition) is 0. The summed E-state index contributed by atoms with van der Waals surface area (Å²) in [4.78, 5) is 38.7. The number of aromatic nitrogens is 1. The Bertz CT molecular complexity index is 1170. The summed E-state index contributed by atoms with van der Waals surface area (Å²) >= 11 is 1.52. The van der Waals surface area contributed by atoms with E-state index in [-0.39, 0.29) is 17.6 Å².